The lowest BCUT2D eigenvalue weighted by Gasteiger charge is -2.15. The van der Waals surface area contributed by atoms with Crippen LogP contribution in [-0.4, -0.2) is 84.5 Å². The van der Waals surface area contributed by atoms with E-state index in [1.54, 1.807) is 60.7 Å². The number of rotatable bonds is 6. The van der Waals surface area contributed by atoms with Crippen molar-refractivity contribution in [2.45, 2.75) is 25.9 Å². The lowest BCUT2D eigenvalue weighted by Crippen LogP contribution is -2.12. The molecule has 4 aromatic carbocycles. The minimum atomic E-state index is -0.686. The van der Waals surface area contributed by atoms with Gasteiger partial charge in [-0.2, -0.15) is 0 Å². The largest absolute Gasteiger partial charge is 0.494 e. The molecule has 2 aliphatic rings. The van der Waals surface area contributed by atoms with Crippen LogP contribution in [0.5, 0.6) is 23.0 Å². The number of aryl methyl sites for hydroxylation is 2. The number of aromatic nitrogens is 4. The van der Waals surface area contributed by atoms with E-state index < -0.39 is 23.8 Å². The highest BCUT2D eigenvalue weighted by molar-refractivity contribution is 6.04. The normalized spacial score (nSPS) is 12.9. The van der Waals surface area contributed by atoms with Crippen molar-refractivity contribution in [3.8, 4) is 45.8 Å². The van der Waals surface area contributed by atoms with Crippen LogP contribution in [0.3, 0.4) is 0 Å². The number of amides is 2. The maximum absolute atomic E-state index is 13.3. The Kier molecular flexibility index (Phi) is 10.2. The SMILES string of the molecule is COC(=O)c1cc2ccc1-c1nc3c(OC)c(C(N)=O)ccc3n1CCCCn1c(nc3c(OC)c(C(N)=O)ccc31)-c1cc(ccc1C(=O)OC)OCCO2. The number of methoxy groups -OCH3 is 4. The summed E-state index contributed by atoms with van der Waals surface area (Å²) in [6.07, 6.45) is 1.13. The highest BCUT2D eigenvalue weighted by atomic mass is 16.5. The van der Waals surface area contributed by atoms with Crippen molar-refractivity contribution in [1.82, 2.24) is 19.1 Å². The highest BCUT2D eigenvalue weighted by Gasteiger charge is 2.27. The predicted octanol–water partition coefficient (Wildman–Crippen LogP) is 4.76. The quantitative estimate of drug-likeness (QED) is 0.220. The molecule has 2 amide bonds. The van der Waals surface area contributed by atoms with Gasteiger partial charge in [0.15, 0.2) is 11.5 Å². The van der Waals surface area contributed by atoms with Gasteiger partial charge in [0.1, 0.15) is 47.4 Å². The van der Waals surface area contributed by atoms with Gasteiger partial charge in [-0.05, 0) is 73.5 Å². The number of hydrogen-bond donors (Lipinski definition) is 2. The third-order valence-corrected chi connectivity index (χ3v) is 9.60. The molecule has 8 rings (SSSR count). The van der Waals surface area contributed by atoms with Gasteiger partial charge >= 0.3 is 11.9 Å². The van der Waals surface area contributed by atoms with Gasteiger partial charge in [-0.15, -0.1) is 0 Å². The van der Waals surface area contributed by atoms with Crippen LogP contribution < -0.4 is 30.4 Å². The number of fused-ring (bicyclic) bond motifs is 10. The summed E-state index contributed by atoms with van der Waals surface area (Å²) in [4.78, 5) is 61.1. The number of nitrogens with two attached hydrogens (primary N) is 2. The molecule has 0 spiro atoms. The molecule has 2 aliphatic heterocycles. The van der Waals surface area contributed by atoms with E-state index in [0.717, 1.165) is 0 Å². The third kappa shape index (κ3) is 6.54. The molecular weight excluding hydrogens is 724 g/mol. The van der Waals surface area contributed by atoms with Crippen LogP contribution in [0.2, 0.25) is 0 Å². The Balaban J connectivity index is 1.42. The van der Waals surface area contributed by atoms with E-state index in [0.29, 0.717) is 82.3 Å². The minimum absolute atomic E-state index is 0.0885. The number of benzene rings is 4. The number of hydrogen-bond acceptors (Lipinski definition) is 12. The van der Waals surface area contributed by atoms with Crippen molar-refractivity contribution in [2.75, 3.05) is 41.7 Å². The standard InChI is InChI=1S/C40H38N6O10/c1-51-33-25(35(41)47)11-13-29-31(33)43-37-23-9-7-22(20-28(23)40(50)54-4)56-18-17-55-21-8-10-24(39(49)53-3)27(19-21)38-44-32-30(46(38)16-6-5-15-45(29)37)14-12-26(36(42)48)34(32)52-2/h7-14,19-20H,5-6,15-18H2,1-4H3,(H2,41,47)(H2,42,48). The molecule has 16 heteroatoms. The van der Waals surface area contributed by atoms with Crippen LogP contribution in [0, 0.1) is 0 Å². The second kappa shape index (κ2) is 15.3. The average Bonchev–Trinajstić information content (AvgIpc) is 3.77. The first-order valence-electron chi connectivity index (χ1n) is 17.5. The summed E-state index contributed by atoms with van der Waals surface area (Å²) < 4.78 is 37.6. The van der Waals surface area contributed by atoms with E-state index in [9.17, 15) is 19.2 Å². The molecule has 4 N–H and O–H groups in total. The van der Waals surface area contributed by atoms with Crippen LogP contribution in [0.1, 0.15) is 54.3 Å². The molecule has 0 atom stereocenters. The van der Waals surface area contributed by atoms with Gasteiger partial charge in [0, 0.05) is 24.2 Å². The monoisotopic (exact) mass is 762 g/mol. The number of carbonyl (C=O) groups is 4. The number of ether oxygens (including phenoxy) is 6. The maximum atomic E-state index is 13.3. The maximum Gasteiger partial charge on any atom is 0.338 e. The van der Waals surface area contributed by atoms with Gasteiger partial charge in [0.25, 0.3) is 11.8 Å². The Morgan fingerprint density at radius 3 is 1.55 bits per heavy atom. The molecule has 4 heterocycles. The Labute approximate surface area is 319 Å². The second-order valence-electron chi connectivity index (χ2n) is 12.7. The van der Waals surface area contributed by atoms with Crippen LogP contribution in [0.25, 0.3) is 44.8 Å². The van der Waals surface area contributed by atoms with Gasteiger partial charge in [-0.25, -0.2) is 19.6 Å². The first-order chi connectivity index (χ1) is 27.1. The fourth-order valence-corrected chi connectivity index (χ4v) is 7.03. The van der Waals surface area contributed by atoms with Crippen LogP contribution in [-0.2, 0) is 22.6 Å². The van der Waals surface area contributed by atoms with Crippen molar-refractivity contribution >= 4 is 45.8 Å². The van der Waals surface area contributed by atoms with Crippen LogP contribution in [0.4, 0.5) is 0 Å². The molecule has 0 radical (unpaired) electrons. The summed E-state index contributed by atoms with van der Waals surface area (Å²) in [7, 11) is 5.44. The van der Waals surface area contributed by atoms with E-state index in [-0.39, 0.29) is 47.0 Å². The summed E-state index contributed by atoms with van der Waals surface area (Å²) in [5.41, 5.74) is 15.0. The zero-order valence-electron chi connectivity index (χ0n) is 31.0. The Bertz CT molecular complexity index is 2560. The number of nitrogens with zero attached hydrogens (tertiary/aromatic N) is 4. The molecule has 0 aliphatic carbocycles. The van der Waals surface area contributed by atoms with Crippen molar-refractivity contribution in [2.24, 2.45) is 11.5 Å². The summed E-state index contributed by atoms with van der Waals surface area (Å²) in [5, 5.41) is 0. The molecule has 16 nitrogen and oxygen atoms in total. The van der Waals surface area contributed by atoms with Gasteiger partial charge in [0.05, 0.1) is 61.7 Å². The summed E-state index contributed by atoms with van der Waals surface area (Å²) in [6.45, 7) is 0.975. The lowest BCUT2D eigenvalue weighted by molar-refractivity contribution is 0.0592. The molecule has 2 aromatic heterocycles. The topological polar surface area (TPSA) is 211 Å². The lowest BCUT2D eigenvalue weighted by atomic mass is 10.1. The minimum Gasteiger partial charge on any atom is -0.494 e. The van der Waals surface area contributed by atoms with Crippen LogP contribution in [0.15, 0.2) is 60.7 Å². The smallest absolute Gasteiger partial charge is 0.338 e. The van der Waals surface area contributed by atoms with Crippen LogP contribution >= 0.6 is 0 Å². The third-order valence-electron chi connectivity index (χ3n) is 9.60. The molecule has 0 saturated heterocycles. The van der Waals surface area contributed by atoms with Crippen molar-refractivity contribution in [3.05, 3.63) is 82.9 Å². The second-order valence-corrected chi connectivity index (χ2v) is 12.7. The van der Waals surface area contributed by atoms with E-state index in [1.807, 2.05) is 9.13 Å². The zero-order valence-corrected chi connectivity index (χ0v) is 31.0. The number of imidazole rings is 2. The molecule has 56 heavy (non-hydrogen) atoms. The first-order valence-corrected chi connectivity index (χ1v) is 17.5. The molecule has 0 fully saturated rings. The Hall–Kier alpha value is -7.10. The van der Waals surface area contributed by atoms with E-state index in [2.05, 4.69) is 0 Å². The number of esters is 2. The van der Waals surface area contributed by atoms with Crippen molar-refractivity contribution in [3.63, 3.8) is 0 Å². The van der Waals surface area contributed by atoms with E-state index >= 15 is 0 Å². The molecule has 288 valence electrons. The zero-order chi connectivity index (χ0) is 39.7. The van der Waals surface area contributed by atoms with E-state index in [4.69, 9.17) is 49.9 Å². The fourth-order valence-electron chi connectivity index (χ4n) is 7.03. The molecule has 4 bridgehead atoms. The van der Waals surface area contributed by atoms with Crippen molar-refractivity contribution in [1.29, 1.82) is 0 Å². The van der Waals surface area contributed by atoms with Gasteiger partial charge in [0.2, 0.25) is 0 Å². The van der Waals surface area contributed by atoms with Crippen molar-refractivity contribution < 1.29 is 47.6 Å². The summed E-state index contributed by atoms with van der Waals surface area (Å²) in [6, 6.07) is 16.6. The predicted molar refractivity (Wildman–Crippen MR) is 203 cm³/mol. The highest BCUT2D eigenvalue weighted by Crippen LogP contribution is 2.38. The Morgan fingerprint density at radius 2 is 1.05 bits per heavy atom. The van der Waals surface area contributed by atoms with Gasteiger partial charge < -0.3 is 49.0 Å². The van der Waals surface area contributed by atoms with E-state index in [1.165, 1.54) is 28.4 Å². The average molecular weight is 763 g/mol. The first kappa shape index (κ1) is 37.2. The molecule has 0 unspecified atom stereocenters. The molecular formula is C40H38N6O10. The summed E-state index contributed by atoms with van der Waals surface area (Å²) >= 11 is 0. The van der Waals surface area contributed by atoms with Gasteiger partial charge in [-0.1, -0.05) is 0 Å². The number of primary amides is 2. The molecule has 6 aromatic rings. The Morgan fingerprint density at radius 1 is 0.589 bits per heavy atom. The number of carbonyl (C=O) groups excluding carboxylic acids is 4. The fraction of sp³-hybridized carbons (Fsp3) is 0.250. The summed E-state index contributed by atoms with van der Waals surface area (Å²) in [5.74, 6) is -0.541. The van der Waals surface area contributed by atoms with Gasteiger partial charge in [-0.3, -0.25) is 9.59 Å². The molecule has 0 saturated carbocycles.